The maximum absolute atomic E-state index is 13.2. The molecule has 0 aromatic heterocycles. The van der Waals surface area contributed by atoms with Gasteiger partial charge in [0.25, 0.3) is 0 Å². The van der Waals surface area contributed by atoms with Gasteiger partial charge in [-0.25, -0.2) is 0 Å². The fourth-order valence-electron chi connectivity index (χ4n) is 3.45. The summed E-state index contributed by atoms with van der Waals surface area (Å²) in [6.45, 7) is 0. The van der Waals surface area contributed by atoms with Crippen LogP contribution in [-0.4, -0.2) is 31.8 Å². The maximum Gasteiger partial charge on any atom is 0.418 e. The molecule has 1 unspecified atom stereocenters. The van der Waals surface area contributed by atoms with Crippen molar-refractivity contribution < 1.29 is 32.2 Å². The number of hydrogen-bond donors (Lipinski definition) is 2. The predicted molar refractivity (Wildman–Crippen MR) is 120 cm³/mol. The molecule has 2 N–H and O–H groups in total. The third-order valence-electron chi connectivity index (χ3n) is 5.02. The van der Waals surface area contributed by atoms with Gasteiger partial charge in [0.05, 0.1) is 47.9 Å². The lowest BCUT2D eigenvalue weighted by atomic mass is 9.87. The molecule has 0 spiro atoms. The molecule has 1 atom stereocenters. The summed E-state index contributed by atoms with van der Waals surface area (Å²) in [6.07, 6.45) is -4.62. The molecule has 0 aliphatic carbocycles. The Bertz CT molecular complexity index is 1170. The van der Waals surface area contributed by atoms with Gasteiger partial charge in [0, 0.05) is 12.3 Å². The number of ether oxygens (including phenoxy) is 2. The van der Waals surface area contributed by atoms with E-state index in [1.807, 2.05) is 0 Å². The van der Waals surface area contributed by atoms with Gasteiger partial charge in [0.2, 0.25) is 11.8 Å². The van der Waals surface area contributed by atoms with Gasteiger partial charge in [0.15, 0.2) is 11.5 Å². The number of amides is 2. The first kappa shape index (κ1) is 25.0. The van der Waals surface area contributed by atoms with Crippen molar-refractivity contribution in [3.05, 3.63) is 64.2 Å². The molecule has 1 aliphatic heterocycles. The lowest BCUT2D eigenvalue weighted by Crippen LogP contribution is -2.31. The van der Waals surface area contributed by atoms with Crippen LogP contribution in [0.1, 0.15) is 23.5 Å². The normalized spacial score (nSPS) is 15.9. The second kappa shape index (κ2) is 10.5. The molecule has 11 heteroatoms. The average molecular weight is 491 g/mol. The Balaban J connectivity index is 1.81. The molecule has 0 saturated carbocycles. The average Bonchev–Trinajstić information content (AvgIpc) is 2.81. The number of nitriles is 1. The van der Waals surface area contributed by atoms with Crippen LogP contribution >= 0.6 is 11.8 Å². The van der Waals surface area contributed by atoms with E-state index in [2.05, 4.69) is 16.7 Å². The van der Waals surface area contributed by atoms with E-state index < -0.39 is 23.6 Å². The van der Waals surface area contributed by atoms with Crippen LogP contribution in [0.2, 0.25) is 0 Å². The predicted octanol–water partition coefficient (Wildman–Crippen LogP) is 4.43. The van der Waals surface area contributed by atoms with E-state index in [-0.39, 0.29) is 34.4 Å². The largest absolute Gasteiger partial charge is 0.493 e. The van der Waals surface area contributed by atoms with E-state index in [9.17, 15) is 28.0 Å². The van der Waals surface area contributed by atoms with Crippen molar-refractivity contribution in [3.63, 3.8) is 0 Å². The second-order valence-corrected chi connectivity index (χ2v) is 8.14. The summed E-state index contributed by atoms with van der Waals surface area (Å²) in [7, 11) is 2.95. The zero-order valence-electron chi connectivity index (χ0n) is 18.2. The highest BCUT2D eigenvalue weighted by atomic mass is 32.2. The van der Waals surface area contributed by atoms with Crippen molar-refractivity contribution in [1.82, 2.24) is 5.32 Å². The van der Waals surface area contributed by atoms with E-state index in [1.54, 1.807) is 18.2 Å². The molecule has 3 rings (SSSR count). The van der Waals surface area contributed by atoms with Crippen LogP contribution < -0.4 is 20.1 Å². The summed E-state index contributed by atoms with van der Waals surface area (Å²) in [5, 5.41) is 14.8. The molecular formula is C23H20F3N3O4S. The number of thioether (sulfide) groups is 1. The van der Waals surface area contributed by atoms with Gasteiger partial charge in [-0.3, -0.25) is 9.59 Å². The molecule has 1 aliphatic rings. The molecular weight excluding hydrogens is 471 g/mol. The Hall–Kier alpha value is -3.65. The van der Waals surface area contributed by atoms with E-state index in [4.69, 9.17) is 9.47 Å². The van der Waals surface area contributed by atoms with Crippen LogP contribution in [-0.2, 0) is 15.8 Å². The van der Waals surface area contributed by atoms with Gasteiger partial charge in [-0.2, -0.15) is 18.4 Å². The van der Waals surface area contributed by atoms with Crippen LogP contribution in [0.5, 0.6) is 11.5 Å². The van der Waals surface area contributed by atoms with Gasteiger partial charge in [-0.15, -0.1) is 0 Å². The number of methoxy groups -OCH3 is 2. The maximum atomic E-state index is 13.2. The summed E-state index contributed by atoms with van der Waals surface area (Å²) < 4.78 is 50.0. The second-order valence-electron chi connectivity index (χ2n) is 7.15. The molecule has 0 bridgehead atoms. The number of para-hydroxylation sites is 1. The van der Waals surface area contributed by atoms with Crippen molar-refractivity contribution >= 4 is 29.3 Å². The molecule has 2 aromatic rings. The minimum atomic E-state index is -4.63. The van der Waals surface area contributed by atoms with Crippen molar-refractivity contribution in [3.8, 4) is 17.6 Å². The van der Waals surface area contributed by atoms with Gasteiger partial charge in [-0.1, -0.05) is 30.0 Å². The van der Waals surface area contributed by atoms with Crippen LogP contribution in [0.15, 0.2) is 53.1 Å². The first-order valence-electron chi connectivity index (χ1n) is 9.92. The number of allylic oxidation sites excluding steroid dienone is 1. The zero-order chi connectivity index (χ0) is 24.9. The number of nitrogens with one attached hydrogen (secondary N) is 2. The molecule has 7 nitrogen and oxygen atoms in total. The molecule has 2 amide bonds. The SMILES string of the molecule is COc1ccc(C2CC(=O)NC(SCC(=O)Nc3ccccc3C(F)(F)F)=C2C#N)cc1OC. The van der Waals surface area contributed by atoms with Gasteiger partial charge < -0.3 is 20.1 Å². The summed E-state index contributed by atoms with van der Waals surface area (Å²) in [5.41, 5.74) is -0.457. The quantitative estimate of drug-likeness (QED) is 0.594. The molecule has 178 valence electrons. The Labute approximate surface area is 197 Å². The van der Waals surface area contributed by atoms with Crippen molar-refractivity contribution in [2.45, 2.75) is 18.5 Å². The highest BCUT2D eigenvalue weighted by molar-refractivity contribution is 8.03. The number of nitrogens with zero attached hydrogens (tertiary/aromatic N) is 1. The van der Waals surface area contributed by atoms with E-state index in [1.165, 1.54) is 26.4 Å². The highest BCUT2D eigenvalue weighted by Crippen LogP contribution is 2.39. The van der Waals surface area contributed by atoms with E-state index >= 15 is 0 Å². The lowest BCUT2D eigenvalue weighted by molar-refractivity contribution is -0.137. The number of alkyl halides is 3. The standard InChI is InChI=1S/C23H20F3N3O4S/c1-32-18-8-7-13(9-19(18)33-2)14-10-20(30)29-22(15(14)11-27)34-12-21(31)28-17-6-4-3-5-16(17)23(24,25)26/h3-9,14H,10,12H2,1-2H3,(H,28,31)(H,29,30). The van der Waals surface area contributed by atoms with E-state index in [0.717, 1.165) is 23.9 Å². The fraction of sp³-hybridized carbons (Fsp3) is 0.261. The van der Waals surface area contributed by atoms with Gasteiger partial charge >= 0.3 is 6.18 Å². The first-order valence-corrected chi connectivity index (χ1v) is 10.9. The molecule has 2 aromatic carbocycles. The monoisotopic (exact) mass is 491 g/mol. The van der Waals surface area contributed by atoms with Crippen molar-refractivity contribution in [2.75, 3.05) is 25.3 Å². The summed E-state index contributed by atoms with van der Waals surface area (Å²) >= 11 is 0.866. The summed E-state index contributed by atoms with van der Waals surface area (Å²) in [5.74, 6) is -1.06. The third kappa shape index (κ3) is 5.63. The minimum Gasteiger partial charge on any atom is -0.493 e. The third-order valence-corrected chi connectivity index (χ3v) is 6.04. The topological polar surface area (TPSA) is 100 Å². The number of hydrogen-bond acceptors (Lipinski definition) is 6. The van der Waals surface area contributed by atoms with Gasteiger partial charge in [-0.05, 0) is 29.8 Å². The van der Waals surface area contributed by atoms with Crippen LogP contribution in [0.25, 0.3) is 0 Å². The number of benzene rings is 2. The molecule has 34 heavy (non-hydrogen) atoms. The van der Waals surface area contributed by atoms with Crippen LogP contribution in [0.4, 0.5) is 18.9 Å². The Morgan fingerprint density at radius 3 is 2.56 bits per heavy atom. The molecule has 0 saturated heterocycles. The van der Waals surface area contributed by atoms with Crippen molar-refractivity contribution in [1.29, 1.82) is 5.26 Å². The molecule has 0 radical (unpaired) electrons. The van der Waals surface area contributed by atoms with Gasteiger partial charge in [0.1, 0.15) is 0 Å². The van der Waals surface area contributed by atoms with Crippen LogP contribution in [0, 0.1) is 11.3 Å². The number of carbonyl (C=O) groups is 2. The highest BCUT2D eigenvalue weighted by Gasteiger charge is 2.34. The Morgan fingerprint density at radius 2 is 1.91 bits per heavy atom. The smallest absolute Gasteiger partial charge is 0.418 e. The summed E-state index contributed by atoms with van der Waals surface area (Å²) in [4.78, 5) is 24.7. The molecule has 0 fully saturated rings. The summed E-state index contributed by atoms with van der Waals surface area (Å²) in [6, 6.07) is 11.8. The van der Waals surface area contributed by atoms with Crippen molar-refractivity contribution in [2.24, 2.45) is 0 Å². The number of rotatable bonds is 7. The lowest BCUT2D eigenvalue weighted by Gasteiger charge is -2.25. The molecule has 1 heterocycles. The first-order chi connectivity index (χ1) is 16.2. The number of halogens is 3. The fourth-order valence-corrected chi connectivity index (χ4v) is 4.33. The minimum absolute atomic E-state index is 0.00753. The number of carbonyl (C=O) groups excluding carboxylic acids is 2. The number of anilines is 1. The van der Waals surface area contributed by atoms with Crippen LogP contribution in [0.3, 0.4) is 0 Å². The van der Waals surface area contributed by atoms with E-state index in [0.29, 0.717) is 17.1 Å². The Morgan fingerprint density at radius 1 is 1.21 bits per heavy atom. The zero-order valence-corrected chi connectivity index (χ0v) is 19.0. The Kier molecular flexibility index (Phi) is 7.73.